The van der Waals surface area contributed by atoms with Gasteiger partial charge in [0.2, 0.25) is 5.90 Å². The summed E-state index contributed by atoms with van der Waals surface area (Å²) in [6.45, 7) is 2.73. The fourth-order valence-corrected chi connectivity index (χ4v) is 3.43. The number of benzene rings is 3. The number of hydrogen-bond donors (Lipinski definition) is 0. The molecule has 1 aliphatic rings. The van der Waals surface area contributed by atoms with Crippen LogP contribution in [0.5, 0.6) is 0 Å². The molecule has 0 unspecified atom stereocenters. The van der Waals surface area contributed by atoms with Crippen molar-refractivity contribution in [3.63, 3.8) is 0 Å². The van der Waals surface area contributed by atoms with Crippen molar-refractivity contribution in [1.29, 1.82) is 0 Å². The first-order valence-corrected chi connectivity index (χ1v) is 8.30. The number of rotatable bonds is 3. The monoisotopic (exact) mass is 313 g/mol. The van der Waals surface area contributed by atoms with Gasteiger partial charge in [-0.15, -0.1) is 0 Å². The summed E-state index contributed by atoms with van der Waals surface area (Å²) < 4.78 is 6.58. The lowest BCUT2D eigenvalue weighted by Gasteiger charge is -2.30. The van der Waals surface area contributed by atoms with Crippen molar-refractivity contribution in [3.05, 3.63) is 107 Å². The Labute approximate surface area is 142 Å². The average Bonchev–Trinajstić information content (AvgIpc) is 2.99. The zero-order valence-corrected chi connectivity index (χ0v) is 13.6. The summed E-state index contributed by atoms with van der Waals surface area (Å²) in [5.74, 6) is 0.723. The molecule has 1 heterocycles. The van der Waals surface area contributed by atoms with Crippen LogP contribution in [0.3, 0.4) is 0 Å². The van der Waals surface area contributed by atoms with Crippen LogP contribution in [0.4, 0.5) is 0 Å². The summed E-state index contributed by atoms with van der Waals surface area (Å²) in [4.78, 5) is 4.61. The van der Waals surface area contributed by atoms with E-state index in [-0.39, 0.29) is 0 Å². The van der Waals surface area contributed by atoms with Crippen molar-refractivity contribution in [3.8, 4) is 0 Å². The molecule has 0 fully saturated rings. The minimum atomic E-state index is -0.646. The van der Waals surface area contributed by atoms with E-state index in [0.29, 0.717) is 6.54 Å². The topological polar surface area (TPSA) is 21.6 Å². The molecule has 0 aliphatic carbocycles. The molecular formula is C22H19NO. The van der Waals surface area contributed by atoms with Gasteiger partial charge in [-0.05, 0) is 13.0 Å². The van der Waals surface area contributed by atoms with Gasteiger partial charge in [0.05, 0.1) is 0 Å². The molecule has 24 heavy (non-hydrogen) atoms. The first-order chi connectivity index (χ1) is 11.9. The van der Waals surface area contributed by atoms with Crippen LogP contribution in [-0.4, -0.2) is 12.4 Å². The molecular weight excluding hydrogens is 294 g/mol. The van der Waals surface area contributed by atoms with E-state index < -0.39 is 5.60 Å². The normalized spacial score (nSPS) is 16.6. The third kappa shape index (κ3) is 2.15. The minimum Gasteiger partial charge on any atom is -0.456 e. The maximum Gasteiger partial charge on any atom is 0.218 e. The molecule has 118 valence electrons. The van der Waals surface area contributed by atoms with Crippen LogP contribution >= 0.6 is 0 Å². The van der Waals surface area contributed by atoms with Crippen molar-refractivity contribution >= 4 is 5.90 Å². The van der Waals surface area contributed by atoms with Crippen LogP contribution in [0.1, 0.15) is 29.2 Å². The van der Waals surface area contributed by atoms with Crippen LogP contribution in [0.25, 0.3) is 0 Å². The number of aliphatic imine (C=N–C) groups is 1. The molecule has 0 aromatic heterocycles. The van der Waals surface area contributed by atoms with Crippen molar-refractivity contribution in [1.82, 2.24) is 0 Å². The van der Waals surface area contributed by atoms with Crippen LogP contribution in [0.15, 0.2) is 89.9 Å². The smallest absolute Gasteiger partial charge is 0.218 e. The second-order valence-electron chi connectivity index (χ2n) is 5.84. The van der Waals surface area contributed by atoms with Crippen LogP contribution in [0, 0.1) is 0 Å². The Morgan fingerprint density at radius 1 is 0.750 bits per heavy atom. The van der Waals surface area contributed by atoms with Gasteiger partial charge in [0.15, 0.2) is 5.60 Å². The summed E-state index contributed by atoms with van der Waals surface area (Å²) in [5, 5.41) is 0. The molecule has 0 N–H and O–H groups in total. The van der Waals surface area contributed by atoms with E-state index in [1.165, 1.54) is 0 Å². The molecule has 0 spiro atoms. The molecule has 0 amide bonds. The number of hydrogen-bond acceptors (Lipinski definition) is 2. The first kappa shape index (κ1) is 14.7. The zero-order valence-electron chi connectivity index (χ0n) is 13.6. The summed E-state index contributed by atoms with van der Waals surface area (Å²) in [7, 11) is 0. The Kier molecular flexibility index (Phi) is 3.66. The van der Waals surface area contributed by atoms with Gasteiger partial charge in [-0.3, -0.25) is 4.99 Å². The predicted octanol–water partition coefficient (Wildman–Crippen LogP) is 4.78. The molecule has 1 aliphatic heterocycles. The van der Waals surface area contributed by atoms with Gasteiger partial charge in [0.25, 0.3) is 0 Å². The van der Waals surface area contributed by atoms with Crippen LogP contribution in [0.2, 0.25) is 0 Å². The van der Waals surface area contributed by atoms with E-state index in [9.17, 15) is 0 Å². The highest BCUT2D eigenvalue weighted by molar-refractivity contribution is 6.00. The van der Waals surface area contributed by atoms with Gasteiger partial charge in [-0.2, -0.15) is 0 Å². The molecule has 0 bridgehead atoms. The molecule has 2 heteroatoms. The lowest BCUT2D eigenvalue weighted by atomic mass is 9.80. The maximum atomic E-state index is 6.58. The van der Waals surface area contributed by atoms with E-state index >= 15 is 0 Å². The largest absolute Gasteiger partial charge is 0.456 e. The van der Waals surface area contributed by atoms with E-state index in [1.807, 2.05) is 25.1 Å². The van der Waals surface area contributed by atoms with Crippen LogP contribution < -0.4 is 0 Å². The fourth-order valence-electron chi connectivity index (χ4n) is 3.43. The number of nitrogens with zero attached hydrogens (tertiary/aromatic N) is 1. The molecule has 3 aromatic carbocycles. The number of fused-ring (bicyclic) bond motifs is 1. The van der Waals surface area contributed by atoms with E-state index in [2.05, 4.69) is 71.7 Å². The summed E-state index contributed by atoms with van der Waals surface area (Å²) in [6, 6.07) is 29.1. The van der Waals surface area contributed by atoms with Gasteiger partial charge in [0, 0.05) is 28.8 Å². The highest BCUT2D eigenvalue weighted by Crippen LogP contribution is 2.46. The maximum absolute atomic E-state index is 6.58. The number of ether oxygens (including phenoxy) is 1. The lowest BCUT2D eigenvalue weighted by molar-refractivity contribution is 0.158. The highest BCUT2D eigenvalue weighted by Gasteiger charge is 2.47. The van der Waals surface area contributed by atoms with Gasteiger partial charge in [0.1, 0.15) is 0 Å². The third-order valence-electron chi connectivity index (χ3n) is 4.45. The molecule has 2 nitrogen and oxygen atoms in total. The molecule has 0 saturated carbocycles. The molecule has 0 radical (unpaired) electrons. The second kappa shape index (κ2) is 5.97. The SMILES string of the molecule is CCN=C1OC(c2ccccc2)(c2ccccc2)c2ccccc21. The quantitative estimate of drug-likeness (QED) is 0.682. The Morgan fingerprint density at radius 3 is 1.88 bits per heavy atom. The zero-order chi connectivity index (χ0) is 16.4. The van der Waals surface area contributed by atoms with E-state index in [4.69, 9.17) is 4.74 Å². The molecule has 3 aromatic rings. The van der Waals surface area contributed by atoms with Crippen molar-refractivity contribution in [2.45, 2.75) is 12.5 Å². The van der Waals surface area contributed by atoms with E-state index in [1.54, 1.807) is 0 Å². The molecule has 0 atom stereocenters. The fraction of sp³-hybridized carbons (Fsp3) is 0.136. The Bertz CT molecular complexity index is 829. The van der Waals surface area contributed by atoms with Crippen molar-refractivity contribution in [2.24, 2.45) is 4.99 Å². The third-order valence-corrected chi connectivity index (χ3v) is 4.45. The molecule has 4 rings (SSSR count). The van der Waals surface area contributed by atoms with Crippen molar-refractivity contribution in [2.75, 3.05) is 6.54 Å². The lowest BCUT2D eigenvalue weighted by Crippen LogP contribution is -2.29. The Hall–Kier alpha value is -2.87. The summed E-state index contributed by atoms with van der Waals surface area (Å²) in [5.41, 5.74) is 3.81. The first-order valence-electron chi connectivity index (χ1n) is 8.30. The predicted molar refractivity (Wildman–Crippen MR) is 97.4 cm³/mol. The van der Waals surface area contributed by atoms with Crippen LogP contribution in [-0.2, 0) is 10.3 Å². The Balaban J connectivity index is 2.05. The van der Waals surface area contributed by atoms with Gasteiger partial charge < -0.3 is 4.74 Å². The summed E-state index contributed by atoms with van der Waals surface area (Å²) >= 11 is 0. The van der Waals surface area contributed by atoms with Gasteiger partial charge in [-0.1, -0.05) is 78.9 Å². The Morgan fingerprint density at radius 2 is 1.29 bits per heavy atom. The average molecular weight is 313 g/mol. The van der Waals surface area contributed by atoms with Gasteiger partial charge >= 0.3 is 0 Å². The molecule has 0 saturated heterocycles. The minimum absolute atomic E-state index is 0.646. The van der Waals surface area contributed by atoms with Gasteiger partial charge in [-0.25, -0.2) is 0 Å². The second-order valence-corrected chi connectivity index (χ2v) is 5.84. The van der Waals surface area contributed by atoms with E-state index in [0.717, 1.165) is 28.2 Å². The van der Waals surface area contributed by atoms with Crippen molar-refractivity contribution < 1.29 is 4.74 Å². The highest BCUT2D eigenvalue weighted by atomic mass is 16.5. The standard InChI is InChI=1S/C22H19NO/c1-2-23-21-19-15-9-10-16-20(19)22(24-21,17-11-5-3-6-12-17)18-13-7-4-8-14-18/h3-16H,2H2,1H3. The summed E-state index contributed by atoms with van der Waals surface area (Å²) in [6.07, 6.45) is 0.